The Hall–Kier alpha value is -2.24. The lowest BCUT2D eigenvalue weighted by Gasteiger charge is -2.08. The van der Waals surface area contributed by atoms with Gasteiger partial charge in [-0.15, -0.1) is 0 Å². The van der Waals surface area contributed by atoms with Crippen LogP contribution >= 0.6 is 0 Å². The highest BCUT2D eigenvalue weighted by atomic mass is 16.5. The van der Waals surface area contributed by atoms with Gasteiger partial charge >= 0.3 is 0 Å². The highest BCUT2D eigenvalue weighted by molar-refractivity contribution is 5.85. The number of nitrogens with one attached hydrogen (secondary N) is 2. The van der Waals surface area contributed by atoms with Crippen LogP contribution in [-0.4, -0.2) is 38.1 Å². The van der Waals surface area contributed by atoms with Crippen LogP contribution in [0.15, 0.2) is 24.3 Å². The van der Waals surface area contributed by atoms with E-state index in [9.17, 15) is 9.59 Å². The van der Waals surface area contributed by atoms with E-state index in [2.05, 4.69) is 10.6 Å². The van der Waals surface area contributed by atoms with Gasteiger partial charge in [0.15, 0.2) is 6.61 Å². The molecule has 6 heteroatoms. The molecule has 0 aliphatic heterocycles. The Balaban J connectivity index is 2.27. The van der Waals surface area contributed by atoms with Gasteiger partial charge in [0, 0.05) is 6.54 Å². The smallest absolute Gasteiger partial charge is 0.258 e. The first kappa shape index (κ1) is 16.8. The molecule has 0 aliphatic rings. The highest BCUT2D eigenvalue weighted by Crippen LogP contribution is 2.17. The zero-order chi connectivity index (χ0) is 15.5. The van der Waals surface area contributed by atoms with E-state index in [-0.39, 0.29) is 25.0 Å². The molecule has 0 aromatic heterocycles. The second-order valence-electron chi connectivity index (χ2n) is 4.34. The zero-order valence-electron chi connectivity index (χ0n) is 12.5. The maximum Gasteiger partial charge on any atom is 0.258 e. The molecule has 0 bridgehead atoms. The van der Waals surface area contributed by atoms with Gasteiger partial charge < -0.3 is 20.1 Å². The number of ether oxygens (including phenoxy) is 2. The molecule has 21 heavy (non-hydrogen) atoms. The lowest BCUT2D eigenvalue weighted by molar-refractivity contribution is -0.127. The molecule has 2 amide bonds. The number of rotatable bonds is 9. The third-order valence-electron chi connectivity index (χ3n) is 2.49. The van der Waals surface area contributed by atoms with Gasteiger partial charge in [-0.3, -0.25) is 9.59 Å². The second-order valence-corrected chi connectivity index (χ2v) is 4.34. The van der Waals surface area contributed by atoms with Crippen molar-refractivity contribution in [2.75, 3.05) is 26.3 Å². The Morgan fingerprint density at radius 2 is 1.57 bits per heavy atom. The highest BCUT2D eigenvalue weighted by Gasteiger charge is 2.05. The molecule has 0 fully saturated rings. The molecule has 0 saturated carbocycles. The van der Waals surface area contributed by atoms with Crippen LogP contribution in [0.4, 0.5) is 0 Å². The van der Waals surface area contributed by atoms with Gasteiger partial charge in [0.25, 0.3) is 5.91 Å². The van der Waals surface area contributed by atoms with Gasteiger partial charge in [0.2, 0.25) is 5.91 Å². The van der Waals surface area contributed by atoms with Crippen molar-refractivity contribution in [1.29, 1.82) is 0 Å². The molecule has 0 aliphatic carbocycles. The molecule has 0 heterocycles. The van der Waals surface area contributed by atoms with Crippen LogP contribution in [0.5, 0.6) is 11.5 Å². The summed E-state index contributed by atoms with van der Waals surface area (Å²) in [7, 11) is 0. The standard InChI is InChI=1S/C15H22N2O4/c1-3-9-20-12-5-7-13(8-6-12)21-11-15(19)17-10-14(18)16-4-2/h5-8H,3-4,9-11H2,1-2H3,(H,16,18)(H,17,19). The number of hydrogen-bond acceptors (Lipinski definition) is 4. The minimum absolute atomic E-state index is 0.0418. The van der Waals surface area contributed by atoms with Crippen molar-refractivity contribution in [2.45, 2.75) is 20.3 Å². The number of benzene rings is 1. The number of carbonyl (C=O) groups excluding carboxylic acids is 2. The molecule has 0 radical (unpaired) electrons. The van der Waals surface area contributed by atoms with E-state index in [0.717, 1.165) is 12.2 Å². The molecule has 2 N–H and O–H groups in total. The number of hydrogen-bond donors (Lipinski definition) is 2. The normalized spacial score (nSPS) is 9.81. The Bertz CT molecular complexity index is 445. The van der Waals surface area contributed by atoms with Crippen molar-refractivity contribution in [1.82, 2.24) is 10.6 Å². The van der Waals surface area contributed by atoms with Crippen LogP contribution in [-0.2, 0) is 9.59 Å². The van der Waals surface area contributed by atoms with E-state index in [1.165, 1.54) is 0 Å². The predicted molar refractivity (Wildman–Crippen MR) is 79.4 cm³/mol. The average Bonchev–Trinajstić information content (AvgIpc) is 2.50. The molecular weight excluding hydrogens is 272 g/mol. The fourth-order valence-corrected chi connectivity index (χ4v) is 1.49. The van der Waals surface area contributed by atoms with Crippen LogP contribution in [0.3, 0.4) is 0 Å². The minimum Gasteiger partial charge on any atom is -0.494 e. The first-order chi connectivity index (χ1) is 10.2. The van der Waals surface area contributed by atoms with Crippen molar-refractivity contribution in [3.05, 3.63) is 24.3 Å². The summed E-state index contributed by atoms with van der Waals surface area (Å²) >= 11 is 0. The second kappa shape index (κ2) is 9.63. The molecule has 0 unspecified atom stereocenters. The van der Waals surface area contributed by atoms with Crippen LogP contribution < -0.4 is 20.1 Å². The summed E-state index contributed by atoms with van der Waals surface area (Å²) in [5.74, 6) is 0.785. The van der Waals surface area contributed by atoms with E-state index in [1.807, 2.05) is 13.8 Å². The van der Waals surface area contributed by atoms with E-state index in [0.29, 0.717) is 18.9 Å². The predicted octanol–water partition coefficient (Wildman–Crippen LogP) is 1.11. The maximum atomic E-state index is 11.5. The van der Waals surface area contributed by atoms with Crippen molar-refractivity contribution < 1.29 is 19.1 Å². The first-order valence-corrected chi connectivity index (χ1v) is 7.04. The SMILES string of the molecule is CCCOc1ccc(OCC(=O)NCC(=O)NCC)cc1. The largest absolute Gasteiger partial charge is 0.494 e. The average molecular weight is 294 g/mol. The van der Waals surface area contributed by atoms with Gasteiger partial charge in [0.1, 0.15) is 11.5 Å². The van der Waals surface area contributed by atoms with Gasteiger partial charge in [-0.2, -0.15) is 0 Å². The van der Waals surface area contributed by atoms with Crippen molar-refractivity contribution in [3.63, 3.8) is 0 Å². The third kappa shape index (κ3) is 7.20. The first-order valence-electron chi connectivity index (χ1n) is 7.04. The van der Waals surface area contributed by atoms with E-state index < -0.39 is 0 Å². The molecule has 0 atom stereocenters. The number of carbonyl (C=O) groups is 2. The zero-order valence-corrected chi connectivity index (χ0v) is 12.5. The van der Waals surface area contributed by atoms with Crippen LogP contribution in [0.2, 0.25) is 0 Å². The topological polar surface area (TPSA) is 76.7 Å². The summed E-state index contributed by atoms with van der Waals surface area (Å²) in [5, 5.41) is 5.07. The van der Waals surface area contributed by atoms with Gasteiger partial charge in [-0.05, 0) is 37.6 Å². The summed E-state index contributed by atoms with van der Waals surface area (Å²) in [6.07, 6.45) is 0.948. The molecule has 0 saturated heterocycles. The quantitative estimate of drug-likeness (QED) is 0.715. The molecule has 1 rings (SSSR count). The lowest BCUT2D eigenvalue weighted by atomic mass is 10.3. The van der Waals surface area contributed by atoms with E-state index in [4.69, 9.17) is 9.47 Å². The fourth-order valence-electron chi connectivity index (χ4n) is 1.49. The number of amides is 2. The van der Waals surface area contributed by atoms with Crippen LogP contribution in [0.25, 0.3) is 0 Å². The molecule has 6 nitrogen and oxygen atoms in total. The Morgan fingerprint density at radius 1 is 0.952 bits per heavy atom. The lowest BCUT2D eigenvalue weighted by Crippen LogP contribution is -2.38. The maximum absolute atomic E-state index is 11.5. The fraction of sp³-hybridized carbons (Fsp3) is 0.467. The monoisotopic (exact) mass is 294 g/mol. The Kier molecular flexibility index (Phi) is 7.71. The summed E-state index contributed by atoms with van der Waals surface area (Å²) in [5.41, 5.74) is 0. The van der Waals surface area contributed by atoms with Crippen molar-refractivity contribution >= 4 is 11.8 Å². The third-order valence-corrected chi connectivity index (χ3v) is 2.49. The van der Waals surface area contributed by atoms with Gasteiger partial charge in [-0.1, -0.05) is 6.92 Å². The van der Waals surface area contributed by atoms with Crippen LogP contribution in [0, 0.1) is 0 Å². The molecule has 1 aromatic rings. The molecular formula is C15H22N2O4. The Morgan fingerprint density at radius 3 is 2.14 bits per heavy atom. The summed E-state index contributed by atoms with van der Waals surface area (Å²) < 4.78 is 10.8. The van der Waals surface area contributed by atoms with E-state index >= 15 is 0 Å². The van der Waals surface area contributed by atoms with Gasteiger partial charge in [0.05, 0.1) is 13.2 Å². The molecule has 1 aromatic carbocycles. The summed E-state index contributed by atoms with van der Waals surface area (Å²) in [6, 6.07) is 7.05. The summed E-state index contributed by atoms with van der Waals surface area (Å²) in [4.78, 5) is 22.7. The van der Waals surface area contributed by atoms with Crippen LogP contribution in [0.1, 0.15) is 20.3 Å². The van der Waals surface area contributed by atoms with E-state index in [1.54, 1.807) is 24.3 Å². The number of likely N-dealkylation sites (N-methyl/N-ethyl adjacent to an activating group) is 1. The minimum atomic E-state index is -0.340. The van der Waals surface area contributed by atoms with Gasteiger partial charge in [-0.25, -0.2) is 0 Å². The Labute approximate surface area is 124 Å². The molecule has 0 spiro atoms. The van der Waals surface area contributed by atoms with Crippen molar-refractivity contribution in [2.24, 2.45) is 0 Å². The van der Waals surface area contributed by atoms with Crippen molar-refractivity contribution in [3.8, 4) is 11.5 Å². The molecule has 116 valence electrons. The summed E-state index contributed by atoms with van der Waals surface area (Å²) in [6.45, 7) is 4.89.